The Labute approximate surface area is 149 Å². The Bertz CT molecular complexity index is 922. The summed E-state index contributed by atoms with van der Waals surface area (Å²) in [5.74, 6) is -0.397. The lowest BCUT2D eigenvalue weighted by Gasteiger charge is -2.23. The minimum absolute atomic E-state index is 0.154. The molecule has 1 spiro atoms. The molecule has 132 valence electrons. The second kappa shape index (κ2) is 5.28. The molecule has 4 heterocycles. The smallest absolute Gasteiger partial charge is 0.235 e. The molecule has 7 heteroatoms. The number of fused-ring (bicyclic) bond motifs is 1. The summed E-state index contributed by atoms with van der Waals surface area (Å²) in [6.07, 6.45) is 3.42. The summed E-state index contributed by atoms with van der Waals surface area (Å²) in [5.41, 5.74) is -0.0689. The van der Waals surface area contributed by atoms with Crippen LogP contribution in [0, 0.1) is 18.8 Å². The number of nitrogens with zero attached hydrogens (tertiary/aromatic N) is 2. The normalized spacial score (nSPS) is 31.5. The molecule has 0 unspecified atom stereocenters. The van der Waals surface area contributed by atoms with Gasteiger partial charge in [-0.25, -0.2) is 0 Å². The molecule has 2 saturated heterocycles. The molecule has 7 nitrogen and oxygen atoms in total. The molecule has 2 fully saturated rings. The Morgan fingerprint density at radius 2 is 2.15 bits per heavy atom. The summed E-state index contributed by atoms with van der Waals surface area (Å²) in [4.78, 5) is 27.6. The van der Waals surface area contributed by atoms with E-state index in [-0.39, 0.29) is 17.9 Å². The number of hydrogen-bond acceptors (Lipinski definition) is 5. The number of amides is 2. The Morgan fingerprint density at radius 3 is 2.88 bits per heavy atom. The van der Waals surface area contributed by atoms with Gasteiger partial charge < -0.3 is 14.6 Å². The molecular formula is C19H17N3O4. The van der Waals surface area contributed by atoms with Gasteiger partial charge in [0.1, 0.15) is 11.4 Å². The number of anilines is 2. The van der Waals surface area contributed by atoms with Crippen molar-refractivity contribution in [2.45, 2.75) is 18.6 Å². The van der Waals surface area contributed by atoms with E-state index >= 15 is 0 Å². The van der Waals surface area contributed by atoms with Crippen molar-refractivity contribution in [1.82, 2.24) is 5.16 Å². The average Bonchev–Trinajstić information content (AvgIpc) is 3.37. The van der Waals surface area contributed by atoms with Gasteiger partial charge in [-0.05, 0) is 19.1 Å². The molecule has 2 aromatic rings. The summed E-state index contributed by atoms with van der Waals surface area (Å²) in [7, 11) is 0. The van der Waals surface area contributed by atoms with Gasteiger partial charge in [0.25, 0.3) is 0 Å². The summed E-state index contributed by atoms with van der Waals surface area (Å²) in [6.45, 7) is 2.11. The number of nitrogens with one attached hydrogen (secondary N) is 1. The van der Waals surface area contributed by atoms with Crippen LogP contribution < -0.4 is 10.2 Å². The highest BCUT2D eigenvalue weighted by Gasteiger charge is 2.67. The zero-order valence-corrected chi connectivity index (χ0v) is 14.1. The van der Waals surface area contributed by atoms with Crippen LogP contribution in [0.3, 0.4) is 0 Å². The summed E-state index contributed by atoms with van der Waals surface area (Å²) in [5, 5.41) is 6.84. The van der Waals surface area contributed by atoms with E-state index in [4.69, 9.17) is 9.26 Å². The molecule has 5 rings (SSSR count). The fraction of sp³-hybridized carbons (Fsp3) is 0.316. The van der Waals surface area contributed by atoms with Crippen LogP contribution in [0.25, 0.3) is 0 Å². The van der Waals surface area contributed by atoms with Crippen molar-refractivity contribution in [2.24, 2.45) is 11.8 Å². The van der Waals surface area contributed by atoms with Crippen LogP contribution in [-0.2, 0) is 14.3 Å². The first-order valence-electron chi connectivity index (χ1n) is 8.55. The Hall–Kier alpha value is -2.93. The maximum atomic E-state index is 13.1. The third kappa shape index (κ3) is 2.07. The van der Waals surface area contributed by atoms with Gasteiger partial charge in [0.05, 0.1) is 24.5 Å². The van der Waals surface area contributed by atoms with Gasteiger partial charge in [0.2, 0.25) is 11.8 Å². The molecule has 3 aliphatic heterocycles. The molecule has 0 saturated carbocycles. The maximum Gasteiger partial charge on any atom is 0.235 e. The lowest BCUT2D eigenvalue weighted by molar-refractivity contribution is -0.128. The highest BCUT2D eigenvalue weighted by atomic mass is 16.5. The summed E-state index contributed by atoms with van der Waals surface area (Å²) < 4.78 is 11.2. The molecular weight excluding hydrogens is 334 g/mol. The first-order valence-corrected chi connectivity index (χ1v) is 8.55. The molecule has 1 aromatic heterocycles. The van der Waals surface area contributed by atoms with Gasteiger partial charge >= 0.3 is 0 Å². The Kier molecular flexibility index (Phi) is 3.12. The number of hydrogen-bond donors (Lipinski definition) is 1. The molecule has 1 N–H and O–H groups in total. The van der Waals surface area contributed by atoms with Crippen LogP contribution in [-0.4, -0.2) is 35.2 Å². The number of benzene rings is 1. The topological polar surface area (TPSA) is 84.7 Å². The standard InChI is InChI=1S/C19H17N3O4/c1-11-9-14(21-26-11)22-10-19-8-7-13(25-19)15(16(19)18(22)24)17(23)20-12-5-3-2-4-6-12/h2-9,13,15-16H,10H2,1H3,(H,20,23)/t13-,15-,16-,19-/m1/s1. The van der Waals surface area contributed by atoms with Crippen molar-refractivity contribution in [3.63, 3.8) is 0 Å². The zero-order chi connectivity index (χ0) is 17.9. The minimum Gasteiger partial charge on any atom is -0.360 e. The van der Waals surface area contributed by atoms with Crippen molar-refractivity contribution in [3.8, 4) is 0 Å². The van der Waals surface area contributed by atoms with Gasteiger partial charge in [0.15, 0.2) is 5.82 Å². The number of aryl methyl sites for hydroxylation is 1. The van der Waals surface area contributed by atoms with Gasteiger partial charge in [-0.1, -0.05) is 35.5 Å². The highest BCUT2D eigenvalue weighted by Crippen LogP contribution is 2.52. The number of aromatic nitrogens is 1. The van der Waals surface area contributed by atoms with E-state index in [2.05, 4.69) is 10.5 Å². The minimum atomic E-state index is -0.771. The van der Waals surface area contributed by atoms with Crippen LogP contribution >= 0.6 is 0 Å². The first kappa shape index (κ1) is 15.3. The number of carbonyl (C=O) groups excluding carboxylic acids is 2. The van der Waals surface area contributed by atoms with E-state index in [1.807, 2.05) is 42.5 Å². The quantitative estimate of drug-likeness (QED) is 0.854. The van der Waals surface area contributed by atoms with Crippen LogP contribution in [0.2, 0.25) is 0 Å². The summed E-state index contributed by atoms with van der Waals surface area (Å²) >= 11 is 0. The van der Waals surface area contributed by atoms with E-state index in [0.29, 0.717) is 23.8 Å². The van der Waals surface area contributed by atoms with E-state index in [0.717, 1.165) is 0 Å². The van der Waals surface area contributed by atoms with Gasteiger partial charge in [0, 0.05) is 11.8 Å². The fourth-order valence-corrected chi connectivity index (χ4v) is 4.22. The molecule has 0 radical (unpaired) electrons. The van der Waals surface area contributed by atoms with Crippen molar-refractivity contribution < 1.29 is 18.8 Å². The fourth-order valence-electron chi connectivity index (χ4n) is 4.22. The van der Waals surface area contributed by atoms with Crippen molar-refractivity contribution >= 4 is 23.3 Å². The zero-order valence-electron chi connectivity index (χ0n) is 14.1. The monoisotopic (exact) mass is 351 g/mol. The molecule has 3 aliphatic rings. The van der Waals surface area contributed by atoms with Crippen molar-refractivity contribution in [3.05, 3.63) is 54.3 Å². The van der Waals surface area contributed by atoms with Crippen LogP contribution in [0.1, 0.15) is 5.76 Å². The predicted molar refractivity (Wildman–Crippen MR) is 92.4 cm³/mol. The third-order valence-corrected chi connectivity index (χ3v) is 5.34. The van der Waals surface area contributed by atoms with Crippen molar-refractivity contribution in [1.29, 1.82) is 0 Å². The van der Waals surface area contributed by atoms with Gasteiger partial charge in [-0.3, -0.25) is 14.5 Å². The molecule has 4 atom stereocenters. The highest BCUT2D eigenvalue weighted by molar-refractivity contribution is 6.05. The van der Waals surface area contributed by atoms with E-state index in [1.54, 1.807) is 17.9 Å². The lowest BCUT2D eigenvalue weighted by Crippen LogP contribution is -2.41. The van der Waals surface area contributed by atoms with E-state index < -0.39 is 17.4 Å². The Morgan fingerprint density at radius 1 is 1.35 bits per heavy atom. The maximum absolute atomic E-state index is 13.1. The van der Waals surface area contributed by atoms with Crippen LogP contribution in [0.15, 0.2) is 53.1 Å². The second-order valence-electron chi connectivity index (χ2n) is 6.98. The lowest BCUT2D eigenvalue weighted by atomic mass is 9.77. The molecule has 2 bridgehead atoms. The van der Waals surface area contributed by atoms with Gasteiger partial charge in [-0.2, -0.15) is 0 Å². The average molecular weight is 351 g/mol. The number of para-hydroxylation sites is 1. The molecule has 1 aromatic carbocycles. The third-order valence-electron chi connectivity index (χ3n) is 5.34. The molecule has 2 amide bonds. The number of ether oxygens (including phenoxy) is 1. The van der Waals surface area contributed by atoms with Crippen LogP contribution in [0.4, 0.5) is 11.5 Å². The van der Waals surface area contributed by atoms with Crippen molar-refractivity contribution in [2.75, 3.05) is 16.8 Å². The Balaban J connectivity index is 1.45. The van der Waals surface area contributed by atoms with E-state index in [1.165, 1.54) is 0 Å². The first-order chi connectivity index (χ1) is 12.6. The predicted octanol–water partition coefficient (Wildman–Crippen LogP) is 1.91. The molecule has 26 heavy (non-hydrogen) atoms. The second-order valence-corrected chi connectivity index (χ2v) is 6.98. The SMILES string of the molecule is Cc1cc(N2C[C@@]34C=C[C@@H](O3)[C@@H](C(=O)Nc3ccccc3)[C@@H]4C2=O)no1. The molecule has 0 aliphatic carbocycles. The van der Waals surface area contributed by atoms with E-state index in [9.17, 15) is 9.59 Å². The number of rotatable bonds is 3. The van der Waals surface area contributed by atoms with Crippen LogP contribution in [0.5, 0.6) is 0 Å². The van der Waals surface area contributed by atoms with Gasteiger partial charge in [-0.15, -0.1) is 0 Å². The summed E-state index contributed by atoms with van der Waals surface area (Å²) in [6, 6.07) is 10.9. The number of carbonyl (C=O) groups is 2. The largest absolute Gasteiger partial charge is 0.360 e.